The second-order valence-corrected chi connectivity index (χ2v) is 10.4. The molecule has 2 aliphatic heterocycles. The quantitative estimate of drug-likeness (QED) is 0.424. The van der Waals surface area contributed by atoms with Crippen LogP contribution in [0.2, 0.25) is 0 Å². The van der Waals surface area contributed by atoms with Crippen LogP contribution in [0.25, 0.3) is 6.08 Å². The van der Waals surface area contributed by atoms with Crippen LogP contribution >= 0.6 is 0 Å². The largest absolute Gasteiger partial charge is 0.464 e. The van der Waals surface area contributed by atoms with Gasteiger partial charge in [-0.3, -0.25) is 9.59 Å². The molecule has 3 aliphatic rings. The van der Waals surface area contributed by atoms with Gasteiger partial charge in [-0.2, -0.15) is 12.8 Å². The summed E-state index contributed by atoms with van der Waals surface area (Å²) in [6.07, 6.45) is 7.75. The summed E-state index contributed by atoms with van der Waals surface area (Å²) in [5.74, 6) is -0.330. The Bertz CT molecular complexity index is 1230. The summed E-state index contributed by atoms with van der Waals surface area (Å²) in [6, 6.07) is 4.70. The van der Waals surface area contributed by atoms with Crippen molar-refractivity contribution >= 4 is 17.7 Å². The molecule has 2 atom stereocenters. The zero-order chi connectivity index (χ0) is 26.1. The van der Waals surface area contributed by atoms with Gasteiger partial charge >= 0.3 is 0 Å². The van der Waals surface area contributed by atoms with Gasteiger partial charge in [0.25, 0.3) is 0 Å². The van der Waals surface area contributed by atoms with Gasteiger partial charge in [-0.1, -0.05) is 0 Å². The number of halogens is 2. The molecule has 6 nitrogen and oxygen atoms in total. The van der Waals surface area contributed by atoms with Crippen LogP contribution < -0.4 is 15.6 Å². The summed E-state index contributed by atoms with van der Waals surface area (Å²) < 4.78 is 34.5. The zero-order valence-electron chi connectivity index (χ0n) is 21.8. The van der Waals surface area contributed by atoms with Crippen LogP contribution in [0.3, 0.4) is 0 Å². The smallest absolute Gasteiger partial charge is 0.249 e. The van der Waals surface area contributed by atoms with Crippen molar-refractivity contribution in [3.05, 3.63) is 75.2 Å². The number of hydrogen-bond donors (Lipinski definition) is 1. The van der Waals surface area contributed by atoms with Crippen LogP contribution in [0.15, 0.2) is 39.1 Å². The van der Waals surface area contributed by atoms with E-state index in [1.54, 1.807) is 24.1 Å². The van der Waals surface area contributed by atoms with Crippen molar-refractivity contribution < 1.29 is 35.1 Å². The van der Waals surface area contributed by atoms with Gasteiger partial charge < -0.3 is 26.0 Å². The van der Waals surface area contributed by atoms with Crippen molar-refractivity contribution in [2.24, 2.45) is 0 Å². The van der Waals surface area contributed by atoms with Gasteiger partial charge in [0, 0.05) is 65.4 Å². The Balaban J connectivity index is 0.00000336. The molecule has 205 valence electrons. The zero-order valence-corrected chi connectivity index (χ0v) is 23.0. The second-order valence-electron chi connectivity index (χ2n) is 10.4. The number of benzene rings is 1. The fourth-order valence-electron chi connectivity index (χ4n) is 5.77. The van der Waals surface area contributed by atoms with Gasteiger partial charge in [0.05, 0.1) is 5.56 Å². The van der Waals surface area contributed by atoms with Gasteiger partial charge in [0.2, 0.25) is 5.91 Å². The number of carbonyl (C=O) groups excluding carboxylic acids is 1. The van der Waals surface area contributed by atoms with E-state index in [1.165, 1.54) is 12.1 Å². The minimum Gasteiger partial charge on any atom is -0.464 e. The van der Waals surface area contributed by atoms with E-state index in [-0.39, 0.29) is 46.3 Å². The third kappa shape index (κ3) is 5.90. The molecule has 0 saturated carbocycles. The number of carbonyl (C=O) groups is 1. The molecule has 1 radical (unpaired) electrons. The molecular formula is C29H34F2MnN3O3-. The summed E-state index contributed by atoms with van der Waals surface area (Å²) in [7, 11) is 1.77. The number of likely N-dealkylation sites (N-methyl/N-ethyl adjacent to an activating group) is 1. The summed E-state index contributed by atoms with van der Waals surface area (Å²) in [6.45, 7) is 5.00. The van der Waals surface area contributed by atoms with E-state index in [2.05, 4.69) is 11.7 Å². The monoisotopic (exact) mass is 565 g/mol. The Labute approximate surface area is 232 Å². The number of amides is 1. The van der Waals surface area contributed by atoms with E-state index >= 15 is 0 Å². The van der Waals surface area contributed by atoms with E-state index in [0.29, 0.717) is 47.9 Å². The SMILES string of the molecule is CC(C1CC(C(=O)N2CC[CH-]CC2)=Cc2c1oc(C1CCNCC1)cc2=O)N(C)c1cc(F)cc(F)c1.[Mn]. The first kappa shape index (κ1) is 28.5. The summed E-state index contributed by atoms with van der Waals surface area (Å²) >= 11 is 0. The first-order chi connectivity index (χ1) is 17.8. The normalized spacial score (nSPS) is 20.7. The molecule has 2 aromatic rings. The average molecular weight is 566 g/mol. The molecule has 0 bridgehead atoms. The molecule has 5 rings (SSSR count). The first-order valence-corrected chi connectivity index (χ1v) is 13.2. The maximum Gasteiger partial charge on any atom is 0.249 e. The summed E-state index contributed by atoms with van der Waals surface area (Å²) in [5.41, 5.74) is 1.22. The number of likely N-dealkylation sites (tertiary alicyclic amines) is 1. The molecule has 38 heavy (non-hydrogen) atoms. The Morgan fingerprint density at radius 2 is 1.79 bits per heavy atom. The van der Waals surface area contributed by atoms with Crippen LogP contribution in [0.1, 0.15) is 67.9 Å². The first-order valence-electron chi connectivity index (χ1n) is 13.2. The van der Waals surface area contributed by atoms with E-state index in [4.69, 9.17) is 4.42 Å². The van der Waals surface area contributed by atoms with Crippen LogP contribution in [0, 0.1) is 18.1 Å². The van der Waals surface area contributed by atoms with E-state index < -0.39 is 11.6 Å². The van der Waals surface area contributed by atoms with Crippen molar-refractivity contribution in [1.29, 1.82) is 0 Å². The van der Waals surface area contributed by atoms with Gasteiger partial charge in [-0.15, -0.1) is 0 Å². The van der Waals surface area contributed by atoms with Crippen LogP contribution in [-0.2, 0) is 21.9 Å². The van der Waals surface area contributed by atoms with Gasteiger partial charge in [0.1, 0.15) is 23.2 Å². The minimum absolute atomic E-state index is 0. The molecule has 1 aromatic heterocycles. The van der Waals surface area contributed by atoms with Crippen LogP contribution in [0.5, 0.6) is 0 Å². The van der Waals surface area contributed by atoms with Crippen LogP contribution in [0.4, 0.5) is 14.5 Å². The third-order valence-electron chi connectivity index (χ3n) is 8.08. The van der Waals surface area contributed by atoms with E-state index in [1.807, 2.05) is 11.8 Å². The number of piperidine rings is 2. The molecule has 1 N–H and O–H groups in total. The molecule has 1 aliphatic carbocycles. The molecule has 2 unspecified atom stereocenters. The Morgan fingerprint density at radius 3 is 2.45 bits per heavy atom. The van der Waals surface area contributed by atoms with Crippen molar-refractivity contribution in [1.82, 2.24) is 10.2 Å². The Hall–Kier alpha value is -2.48. The Morgan fingerprint density at radius 1 is 1.13 bits per heavy atom. The molecule has 3 heterocycles. The number of rotatable bonds is 5. The van der Waals surface area contributed by atoms with E-state index in [0.717, 1.165) is 44.8 Å². The predicted molar refractivity (Wildman–Crippen MR) is 139 cm³/mol. The molecule has 1 aromatic carbocycles. The Kier molecular flexibility index (Phi) is 9.11. The number of nitrogens with one attached hydrogen (secondary N) is 1. The molecular weight excluding hydrogens is 531 g/mol. The molecule has 9 heteroatoms. The number of nitrogens with zero attached hydrogens (tertiary/aromatic N) is 2. The maximum absolute atomic E-state index is 14.0. The number of fused-ring (bicyclic) bond motifs is 1. The second kappa shape index (κ2) is 12.1. The van der Waals surface area contributed by atoms with Crippen molar-refractivity contribution in [3.8, 4) is 0 Å². The topological polar surface area (TPSA) is 65.8 Å². The molecule has 2 saturated heterocycles. The standard InChI is InChI=1S/C29H34F2N3O3.Mn/c1-18(33(2)23-15-21(30)14-22(31)16-23)24-12-20(29(36)34-10-4-3-5-11-34)13-25-26(35)17-27(37-28(24)25)19-6-8-32-9-7-19;/h3,13-19,24,32H,4-12H2,1-2H3;/q-1;. The van der Waals surface area contributed by atoms with Gasteiger partial charge in [-0.25, -0.2) is 8.78 Å². The van der Waals surface area contributed by atoms with Gasteiger partial charge in [0.15, 0.2) is 5.43 Å². The van der Waals surface area contributed by atoms with Crippen molar-refractivity contribution in [2.75, 3.05) is 38.1 Å². The van der Waals surface area contributed by atoms with Crippen LogP contribution in [-0.4, -0.2) is 50.1 Å². The maximum atomic E-state index is 14.0. The fourth-order valence-corrected chi connectivity index (χ4v) is 5.77. The van der Waals surface area contributed by atoms with E-state index in [9.17, 15) is 18.4 Å². The third-order valence-corrected chi connectivity index (χ3v) is 8.08. The number of anilines is 1. The molecule has 2 fully saturated rings. The van der Waals surface area contributed by atoms with Crippen molar-refractivity contribution in [2.45, 2.75) is 56.9 Å². The fraction of sp³-hybridized carbons (Fsp3) is 0.483. The van der Waals surface area contributed by atoms with Crippen molar-refractivity contribution in [3.63, 3.8) is 0 Å². The predicted octanol–water partition coefficient (Wildman–Crippen LogP) is 4.60. The number of hydrogen-bond acceptors (Lipinski definition) is 5. The summed E-state index contributed by atoms with van der Waals surface area (Å²) in [5, 5.41) is 3.34. The molecule has 1 amide bonds. The minimum atomic E-state index is -0.657. The molecule has 0 spiro atoms. The summed E-state index contributed by atoms with van der Waals surface area (Å²) in [4.78, 5) is 30.5. The average Bonchev–Trinajstić information content (AvgIpc) is 2.91. The van der Waals surface area contributed by atoms with Gasteiger partial charge in [-0.05, 0) is 70.6 Å².